The number of carbonyl (C=O) groups excluding carboxylic acids is 2. The summed E-state index contributed by atoms with van der Waals surface area (Å²) in [6.07, 6.45) is 1.03. The number of piperazine rings is 1. The highest BCUT2D eigenvalue weighted by molar-refractivity contribution is 7.08. The van der Waals surface area contributed by atoms with Crippen molar-refractivity contribution in [3.05, 3.63) is 58.3 Å². The van der Waals surface area contributed by atoms with Crippen LogP contribution in [0.5, 0.6) is 0 Å². The molecular formula is C19H23N3O2S. The van der Waals surface area contributed by atoms with Gasteiger partial charge in [-0.25, -0.2) is 0 Å². The zero-order valence-corrected chi connectivity index (χ0v) is 15.0. The Labute approximate surface area is 152 Å². The highest BCUT2D eigenvalue weighted by Gasteiger charge is 2.21. The second kappa shape index (κ2) is 8.78. The molecule has 1 N–H and O–H groups in total. The number of rotatable bonds is 6. The molecule has 132 valence electrons. The third kappa shape index (κ3) is 5.14. The minimum absolute atomic E-state index is 0.00807. The topological polar surface area (TPSA) is 52.7 Å². The first-order valence-corrected chi connectivity index (χ1v) is 9.51. The van der Waals surface area contributed by atoms with Gasteiger partial charge in [0.15, 0.2) is 0 Å². The lowest BCUT2D eigenvalue weighted by Gasteiger charge is -2.34. The van der Waals surface area contributed by atoms with Crippen LogP contribution >= 0.6 is 11.3 Å². The largest absolute Gasteiger partial charge is 0.343 e. The summed E-state index contributed by atoms with van der Waals surface area (Å²) in [5.74, 6) is -0.192. The van der Waals surface area contributed by atoms with Gasteiger partial charge in [-0.15, -0.1) is 0 Å². The molecule has 0 radical (unpaired) electrons. The fourth-order valence-corrected chi connectivity index (χ4v) is 3.55. The first-order chi connectivity index (χ1) is 12.2. The molecule has 3 rings (SSSR count). The molecule has 2 heterocycles. The zero-order chi connectivity index (χ0) is 17.5. The summed E-state index contributed by atoms with van der Waals surface area (Å²) < 4.78 is 0. The maximum atomic E-state index is 12.3. The molecule has 1 fully saturated rings. The van der Waals surface area contributed by atoms with Gasteiger partial charge in [-0.1, -0.05) is 30.3 Å². The van der Waals surface area contributed by atoms with E-state index in [4.69, 9.17) is 0 Å². The van der Waals surface area contributed by atoms with Gasteiger partial charge in [0.05, 0.1) is 6.54 Å². The van der Waals surface area contributed by atoms with E-state index >= 15 is 0 Å². The Kier molecular flexibility index (Phi) is 6.19. The second-order valence-corrected chi connectivity index (χ2v) is 6.93. The predicted molar refractivity (Wildman–Crippen MR) is 99.8 cm³/mol. The van der Waals surface area contributed by atoms with Crippen LogP contribution in [0.25, 0.3) is 0 Å². The van der Waals surface area contributed by atoms with E-state index < -0.39 is 0 Å². The number of thiophene rings is 1. The average molecular weight is 357 g/mol. The van der Waals surface area contributed by atoms with Crippen molar-refractivity contribution in [2.24, 2.45) is 0 Å². The van der Waals surface area contributed by atoms with E-state index in [0.29, 0.717) is 5.56 Å². The molecule has 1 aromatic heterocycles. The van der Waals surface area contributed by atoms with Crippen LogP contribution in [-0.2, 0) is 11.2 Å². The van der Waals surface area contributed by atoms with Crippen molar-refractivity contribution in [2.75, 3.05) is 39.3 Å². The first kappa shape index (κ1) is 17.6. The molecular weight excluding hydrogens is 334 g/mol. The van der Waals surface area contributed by atoms with Gasteiger partial charge in [0.2, 0.25) is 5.91 Å². The summed E-state index contributed by atoms with van der Waals surface area (Å²) in [5, 5.41) is 6.34. The highest BCUT2D eigenvalue weighted by atomic mass is 32.1. The minimum Gasteiger partial charge on any atom is -0.343 e. The molecule has 25 heavy (non-hydrogen) atoms. The summed E-state index contributed by atoms with van der Waals surface area (Å²) in [7, 11) is 0. The van der Waals surface area contributed by atoms with Gasteiger partial charge in [0.25, 0.3) is 5.91 Å². The quantitative estimate of drug-likeness (QED) is 0.859. The Morgan fingerprint density at radius 3 is 2.48 bits per heavy atom. The summed E-state index contributed by atoms with van der Waals surface area (Å²) >= 11 is 1.47. The highest BCUT2D eigenvalue weighted by Crippen LogP contribution is 2.07. The van der Waals surface area contributed by atoms with E-state index in [1.807, 2.05) is 16.3 Å². The molecule has 1 aliphatic rings. The van der Waals surface area contributed by atoms with E-state index in [2.05, 4.69) is 34.5 Å². The fraction of sp³-hybridized carbons (Fsp3) is 0.368. The number of nitrogens with one attached hydrogen (secondary N) is 1. The van der Waals surface area contributed by atoms with E-state index in [1.165, 1.54) is 16.9 Å². The number of nitrogens with zero attached hydrogens (tertiary/aromatic N) is 2. The lowest BCUT2D eigenvalue weighted by atomic mass is 10.1. The van der Waals surface area contributed by atoms with Crippen molar-refractivity contribution < 1.29 is 9.59 Å². The third-order valence-corrected chi connectivity index (χ3v) is 5.15. The Morgan fingerprint density at radius 2 is 1.80 bits per heavy atom. The number of benzene rings is 1. The maximum absolute atomic E-state index is 12.3. The molecule has 2 aromatic rings. The number of hydrogen-bond donors (Lipinski definition) is 1. The normalized spacial score (nSPS) is 15.1. The molecule has 0 saturated carbocycles. The lowest BCUT2D eigenvalue weighted by molar-refractivity contribution is -0.131. The SMILES string of the molecule is O=C(NCC(=O)N1CCN(CCc2ccccc2)CC1)c1ccsc1. The molecule has 5 nitrogen and oxygen atoms in total. The van der Waals surface area contributed by atoms with Crippen molar-refractivity contribution in [3.63, 3.8) is 0 Å². The van der Waals surface area contributed by atoms with Gasteiger partial charge in [0, 0.05) is 43.7 Å². The van der Waals surface area contributed by atoms with Gasteiger partial charge in [0.1, 0.15) is 0 Å². The number of carbonyl (C=O) groups is 2. The van der Waals surface area contributed by atoms with Crippen LogP contribution in [0.3, 0.4) is 0 Å². The van der Waals surface area contributed by atoms with Crippen LogP contribution in [0.15, 0.2) is 47.2 Å². The Bertz CT molecular complexity index is 680. The molecule has 6 heteroatoms. The first-order valence-electron chi connectivity index (χ1n) is 8.57. The second-order valence-electron chi connectivity index (χ2n) is 6.15. The minimum atomic E-state index is -0.184. The Balaban J connectivity index is 1.36. The molecule has 1 saturated heterocycles. The summed E-state index contributed by atoms with van der Waals surface area (Å²) in [4.78, 5) is 28.4. The van der Waals surface area contributed by atoms with Crippen LogP contribution in [0.4, 0.5) is 0 Å². The molecule has 0 atom stereocenters. The molecule has 0 bridgehead atoms. The standard InChI is InChI=1S/C19H23N3O2S/c23-18(14-20-19(24)17-7-13-25-15-17)22-11-9-21(10-12-22)8-6-16-4-2-1-3-5-16/h1-5,7,13,15H,6,8-12,14H2,(H,20,24). The molecule has 2 amide bonds. The van der Waals surface area contributed by atoms with E-state index in [0.717, 1.165) is 39.1 Å². The summed E-state index contributed by atoms with van der Waals surface area (Å²) in [6, 6.07) is 12.2. The summed E-state index contributed by atoms with van der Waals surface area (Å²) in [6.45, 7) is 4.30. The van der Waals surface area contributed by atoms with Crippen molar-refractivity contribution >= 4 is 23.2 Å². The van der Waals surface area contributed by atoms with Gasteiger partial charge >= 0.3 is 0 Å². The number of hydrogen-bond acceptors (Lipinski definition) is 4. The average Bonchev–Trinajstić information content (AvgIpc) is 3.20. The van der Waals surface area contributed by atoms with E-state index in [1.54, 1.807) is 11.4 Å². The maximum Gasteiger partial charge on any atom is 0.252 e. The molecule has 0 aliphatic carbocycles. The monoisotopic (exact) mass is 357 g/mol. The lowest BCUT2D eigenvalue weighted by Crippen LogP contribution is -2.51. The Hall–Kier alpha value is -2.18. The van der Waals surface area contributed by atoms with Crippen LogP contribution in [-0.4, -0.2) is 60.9 Å². The van der Waals surface area contributed by atoms with Crippen LogP contribution < -0.4 is 5.32 Å². The van der Waals surface area contributed by atoms with Crippen molar-refractivity contribution in [1.29, 1.82) is 0 Å². The van der Waals surface area contributed by atoms with Crippen molar-refractivity contribution in [1.82, 2.24) is 15.1 Å². The van der Waals surface area contributed by atoms with E-state index in [-0.39, 0.29) is 18.4 Å². The van der Waals surface area contributed by atoms with Crippen LogP contribution in [0, 0.1) is 0 Å². The van der Waals surface area contributed by atoms with Gasteiger partial charge in [-0.05, 0) is 23.4 Å². The molecule has 0 unspecified atom stereocenters. The predicted octanol–water partition coefficient (Wildman–Crippen LogP) is 1.86. The van der Waals surface area contributed by atoms with Crippen molar-refractivity contribution in [2.45, 2.75) is 6.42 Å². The van der Waals surface area contributed by atoms with E-state index in [9.17, 15) is 9.59 Å². The Morgan fingerprint density at radius 1 is 1.04 bits per heavy atom. The van der Waals surface area contributed by atoms with Gasteiger partial charge < -0.3 is 10.2 Å². The number of amides is 2. The van der Waals surface area contributed by atoms with Gasteiger partial charge in [-0.3, -0.25) is 14.5 Å². The molecule has 0 spiro atoms. The molecule has 1 aliphatic heterocycles. The van der Waals surface area contributed by atoms with Crippen LogP contribution in [0.1, 0.15) is 15.9 Å². The van der Waals surface area contributed by atoms with Gasteiger partial charge in [-0.2, -0.15) is 11.3 Å². The van der Waals surface area contributed by atoms with Crippen molar-refractivity contribution in [3.8, 4) is 0 Å². The zero-order valence-electron chi connectivity index (χ0n) is 14.2. The summed E-state index contributed by atoms with van der Waals surface area (Å²) in [5.41, 5.74) is 1.96. The van der Waals surface area contributed by atoms with Crippen LogP contribution in [0.2, 0.25) is 0 Å². The smallest absolute Gasteiger partial charge is 0.252 e. The molecule has 1 aromatic carbocycles. The third-order valence-electron chi connectivity index (χ3n) is 4.47. The fourth-order valence-electron chi connectivity index (χ4n) is 2.92.